The summed E-state index contributed by atoms with van der Waals surface area (Å²) in [6.07, 6.45) is 6.39. The molecule has 2 unspecified atom stereocenters. The number of nitrogens with one attached hydrogen (secondary N) is 1. The van der Waals surface area contributed by atoms with Gasteiger partial charge in [0, 0.05) is 37.8 Å². The number of nitrogens with zero attached hydrogens (tertiary/aromatic N) is 5. The van der Waals surface area contributed by atoms with Gasteiger partial charge in [-0.1, -0.05) is 42.0 Å². The predicted molar refractivity (Wildman–Crippen MR) is 141 cm³/mol. The van der Waals surface area contributed by atoms with Gasteiger partial charge in [0.2, 0.25) is 5.95 Å². The molecule has 1 aromatic carbocycles. The lowest BCUT2D eigenvalue weighted by atomic mass is 9.90. The van der Waals surface area contributed by atoms with Gasteiger partial charge < -0.3 is 14.8 Å². The molecule has 2 atom stereocenters. The van der Waals surface area contributed by atoms with E-state index in [1.165, 1.54) is 4.57 Å². The molecular formula is C27H34N6O3. The van der Waals surface area contributed by atoms with Crippen molar-refractivity contribution in [3.63, 3.8) is 0 Å². The summed E-state index contributed by atoms with van der Waals surface area (Å²) in [4.78, 5) is 47.2. The second-order valence-corrected chi connectivity index (χ2v) is 10.1. The molecule has 2 saturated heterocycles. The van der Waals surface area contributed by atoms with Crippen LogP contribution in [0, 0.1) is 0 Å². The molecule has 36 heavy (non-hydrogen) atoms. The summed E-state index contributed by atoms with van der Waals surface area (Å²) in [5.41, 5.74) is 1.30. The number of hydrogen-bond donors (Lipinski definition) is 1. The first-order valence-corrected chi connectivity index (χ1v) is 12.8. The smallest absolute Gasteiger partial charge is 0.332 e. The fourth-order valence-corrected chi connectivity index (χ4v) is 5.52. The first kappa shape index (κ1) is 24.2. The number of hydrogen-bond acceptors (Lipinski definition) is 6. The summed E-state index contributed by atoms with van der Waals surface area (Å²) in [6.45, 7) is 6.08. The van der Waals surface area contributed by atoms with Crippen LogP contribution >= 0.6 is 0 Å². The number of aromatic nitrogens is 4. The molecule has 2 fully saturated rings. The average Bonchev–Trinajstić information content (AvgIpc) is 3.28. The molecular weight excluding hydrogens is 456 g/mol. The monoisotopic (exact) mass is 490 g/mol. The minimum atomic E-state index is -0.536. The van der Waals surface area contributed by atoms with E-state index in [2.05, 4.69) is 16.3 Å². The number of aryl methyl sites for hydroxylation is 1. The lowest BCUT2D eigenvalue weighted by Gasteiger charge is -2.45. The van der Waals surface area contributed by atoms with E-state index in [4.69, 9.17) is 4.98 Å². The van der Waals surface area contributed by atoms with Crippen molar-refractivity contribution >= 4 is 22.9 Å². The highest BCUT2D eigenvalue weighted by Crippen LogP contribution is 2.30. The van der Waals surface area contributed by atoms with Gasteiger partial charge in [-0.25, -0.2) is 4.79 Å². The largest absolute Gasteiger partial charge is 0.338 e. The van der Waals surface area contributed by atoms with Gasteiger partial charge in [-0.2, -0.15) is 4.98 Å². The number of Topliss-reactive ketones (excluding diaryl/α,β-unsaturated/α-hetero) is 1. The molecule has 9 heteroatoms. The highest BCUT2D eigenvalue weighted by Gasteiger charge is 2.36. The number of ketones is 1. The molecule has 0 saturated carbocycles. The summed E-state index contributed by atoms with van der Waals surface area (Å²) in [7, 11) is 1.62. The Hall–Kier alpha value is -3.46. The lowest BCUT2D eigenvalue weighted by Crippen LogP contribution is -2.57. The minimum absolute atomic E-state index is 0.281. The van der Waals surface area contributed by atoms with Crippen LogP contribution in [-0.2, 0) is 20.1 Å². The Labute approximate surface area is 210 Å². The van der Waals surface area contributed by atoms with Crippen LogP contribution in [0.25, 0.3) is 11.2 Å². The van der Waals surface area contributed by atoms with Crippen molar-refractivity contribution in [3.8, 4) is 0 Å². The minimum Gasteiger partial charge on any atom is -0.338 e. The van der Waals surface area contributed by atoms with E-state index in [0.717, 1.165) is 54.9 Å². The third-order valence-electron chi connectivity index (χ3n) is 7.41. The Morgan fingerprint density at radius 2 is 1.89 bits per heavy atom. The van der Waals surface area contributed by atoms with Crippen molar-refractivity contribution < 1.29 is 4.79 Å². The molecule has 9 nitrogen and oxygen atoms in total. The first-order valence-electron chi connectivity index (χ1n) is 12.8. The van der Waals surface area contributed by atoms with Gasteiger partial charge in [-0.3, -0.25) is 18.7 Å². The number of imidazole rings is 1. The van der Waals surface area contributed by atoms with Crippen LogP contribution in [0.1, 0.15) is 49.9 Å². The molecule has 0 bridgehead atoms. The molecule has 5 rings (SSSR count). The van der Waals surface area contributed by atoms with Crippen LogP contribution < -0.4 is 21.5 Å². The first-order chi connectivity index (χ1) is 17.4. The van der Waals surface area contributed by atoms with Crippen LogP contribution in [0.5, 0.6) is 0 Å². The van der Waals surface area contributed by atoms with Crippen LogP contribution in [0.15, 0.2) is 51.6 Å². The fraction of sp³-hybridized carbons (Fsp3) is 0.481. The highest BCUT2D eigenvalue weighted by molar-refractivity contribution is 5.95. The number of allylic oxidation sites excluding steroid dienone is 2. The molecule has 0 aliphatic carbocycles. The number of carbonyl (C=O) groups excluding carboxylic acids is 1. The number of anilines is 1. The maximum absolute atomic E-state index is 13.8. The number of rotatable bonds is 6. The van der Waals surface area contributed by atoms with Gasteiger partial charge in [-0.15, -0.1) is 0 Å². The third kappa shape index (κ3) is 4.32. The second-order valence-electron chi connectivity index (χ2n) is 10.1. The van der Waals surface area contributed by atoms with Crippen molar-refractivity contribution in [2.45, 2.75) is 64.7 Å². The highest BCUT2D eigenvalue weighted by atomic mass is 16.2. The summed E-state index contributed by atoms with van der Waals surface area (Å²) >= 11 is 0. The summed E-state index contributed by atoms with van der Waals surface area (Å²) in [5.74, 6) is 0.442. The van der Waals surface area contributed by atoms with Crippen molar-refractivity contribution in [1.82, 2.24) is 24.0 Å². The summed E-state index contributed by atoms with van der Waals surface area (Å²) < 4.78 is 4.38. The van der Waals surface area contributed by atoms with Crippen LogP contribution in [-0.4, -0.2) is 49.6 Å². The molecule has 1 N–H and O–H groups in total. The van der Waals surface area contributed by atoms with E-state index in [1.807, 2.05) is 24.5 Å². The number of carbonyl (C=O) groups is 1. The molecule has 4 heterocycles. The summed E-state index contributed by atoms with van der Waals surface area (Å²) in [5, 5.41) is 3.65. The maximum Gasteiger partial charge on any atom is 0.332 e. The quantitative estimate of drug-likeness (QED) is 0.422. The van der Waals surface area contributed by atoms with Gasteiger partial charge in [0.15, 0.2) is 16.9 Å². The fourth-order valence-electron chi connectivity index (χ4n) is 5.52. The molecule has 2 aromatic heterocycles. The molecule has 0 amide bonds. The van der Waals surface area contributed by atoms with Crippen molar-refractivity contribution in [1.29, 1.82) is 0 Å². The van der Waals surface area contributed by atoms with E-state index in [0.29, 0.717) is 35.4 Å². The normalized spacial score (nSPS) is 19.8. The average molecular weight is 491 g/mol. The van der Waals surface area contributed by atoms with E-state index in [9.17, 15) is 14.4 Å². The van der Waals surface area contributed by atoms with E-state index in [1.54, 1.807) is 31.3 Å². The molecule has 0 radical (unpaired) electrons. The van der Waals surface area contributed by atoms with Gasteiger partial charge in [0.1, 0.15) is 0 Å². The van der Waals surface area contributed by atoms with Gasteiger partial charge in [0.25, 0.3) is 5.56 Å². The number of piperidine rings is 2. The van der Waals surface area contributed by atoms with E-state index < -0.39 is 11.2 Å². The van der Waals surface area contributed by atoms with Crippen LogP contribution in [0.3, 0.4) is 0 Å². The van der Waals surface area contributed by atoms with Crippen molar-refractivity contribution in [2.75, 3.05) is 18.0 Å². The summed E-state index contributed by atoms with van der Waals surface area (Å²) in [6, 6.07) is 9.44. The molecule has 190 valence electrons. The zero-order chi connectivity index (χ0) is 25.4. The van der Waals surface area contributed by atoms with Gasteiger partial charge >= 0.3 is 5.69 Å². The van der Waals surface area contributed by atoms with Crippen LogP contribution in [0.4, 0.5) is 5.95 Å². The third-order valence-corrected chi connectivity index (χ3v) is 7.41. The Morgan fingerprint density at radius 3 is 2.64 bits per heavy atom. The molecule has 2 aliphatic rings. The van der Waals surface area contributed by atoms with E-state index >= 15 is 0 Å². The Morgan fingerprint density at radius 1 is 1.11 bits per heavy atom. The zero-order valence-electron chi connectivity index (χ0n) is 21.2. The Balaban J connectivity index is 1.67. The molecule has 2 aliphatic heterocycles. The van der Waals surface area contributed by atoms with Crippen LogP contribution in [0.2, 0.25) is 0 Å². The molecule has 0 spiro atoms. The second kappa shape index (κ2) is 9.89. The Bertz CT molecular complexity index is 1430. The SMILES string of the molecule is CC(C)=CCn1c(N2CCCC3NCCCC32)nc2c1c(=O)n(CC(=O)c1ccccc1)c(=O)n2C. The topological polar surface area (TPSA) is 94.2 Å². The zero-order valence-corrected chi connectivity index (χ0v) is 21.2. The molecule has 3 aromatic rings. The predicted octanol–water partition coefficient (Wildman–Crippen LogP) is 2.47. The van der Waals surface area contributed by atoms with Gasteiger partial charge in [0.05, 0.1) is 6.54 Å². The van der Waals surface area contributed by atoms with Crippen molar-refractivity contribution in [2.24, 2.45) is 7.05 Å². The Kier molecular flexibility index (Phi) is 6.66. The van der Waals surface area contributed by atoms with Gasteiger partial charge in [-0.05, 0) is 46.1 Å². The standard InChI is InChI=1S/C27H34N6O3/c1-18(2)13-16-32-23-24(29-26(32)31-15-8-11-20-21(31)12-7-14-28-20)30(3)27(36)33(25(23)35)17-22(34)19-9-5-4-6-10-19/h4-6,9-10,13,20-21,28H,7-8,11-12,14-17H2,1-3H3. The van der Waals surface area contributed by atoms with E-state index in [-0.39, 0.29) is 12.3 Å². The maximum atomic E-state index is 13.8. The van der Waals surface area contributed by atoms with Crippen molar-refractivity contribution in [3.05, 3.63) is 68.4 Å². The lowest BCUT2D eigenvalue weighted by molar-refractivity contribution is 0.0969. The number of fused-ring (bicyclic) bond motifs is 2. The number of benzene rings is 1.